The van der Waals surface area contributed by atoms with Gasteiger partial charge in [0.25, 0.3) is 0 Å². The van der Waals surface area contributed by atoms with Crippen LogP contribution in [0.5, 0.6) is 5.75 Å². The first-order valence-corrected chi connectivity index (χ1v) is 12.1. The van der Waals surface area contributed by atoms with Gasteiger partial charge in [0.05, 0.1) is 24.1 Å². The number of carbonyl (C=O) groups excluding carboxylic acids is 1. The Hall–Kier alpha value is -4.07. The molecule has 1 aromatic carbocycles. The van der Waals surface area contributed by atoms with Crippen LogP contribution in [0.25, 0.3) is 27.6 Å². The highest BCUT2D eigenvalue weighted by atomic mass is 16.5. The molecule has 8 nitrogen and oxygen atoms in total. The summed E-state index contributed by atoms with van der Waals surface area (Å²) in [4.78, 5) is 28.0. The van der Waals surface area contributed by atoms with E-state index in [0.717, 1.165) is 59.3 Å². The highest BCUT2D eigenvalue weighted by molar-refractivity contribution is 5.85. The number of rotatable bonds is 6. The van der Waals surface area contributed by atoms with E-state index in [-0.39, 0.29) is 11.8 Å². The van der Waals surface area contributed by atoms with E-state index in [4.69, 9.17) is 9.72 Å². The third kappa shape index (κ3) is 3.95. The van der Waals surface area contributed by atoms with Gasteiger partial charge in [-0.2, -0.15) is 0 Å². The standard InChI is InChI=1S/C27H28N6O2/c1-35-20-8-9-22-21(15-20)18(16-30-22)10-12-29-27(34)19-5-3-13-32(17-19)26-24-7-4-14-33(24)23-6-2-11-28-25(23)31-26/h2,4,6-9,11,14-16,19,30H,3,5,10,12-13,17H2,1H3,(H,29,34)/t19-/m0/s1. The highest BCUT2D eigenvalue weighted by Crippen LogP contribution is 2.29. The fraction of sp³-hybridized carbons (Fsp3) is 0.296. The lowest BCUT2D eigenvalue weighted by Crippen LogP contribution is -2.44. The Bertz CT molecular complexity index is 1520. The molecule has 5 aromatic rings. The SMILES string of the molecule is COc1ccc2[nH]cc(CCNC(=O)[C@H]3CCCN(c4nc5ncccc5n5cccc45)C3)c2c1. The minimum atomic E-state index is -0.0666. The average Bonchev–Trinajstić information content (AvgIpc) is 3.56. The third-order valence-electron chi connectivity index (χ3n) is 6.98. The second-order valence-corrected chi connectivity index (χ2v) is 9.10. The monoisotopic (exact) mass is 468 g/mol. The number of amides is 1. The molecule has 1 aliphatic rings. The van der Waals surface area contributed by atoms with Crippen LogP contribution in [0.15, 0.2) is 61.1 Å². The number of H-pyrrole nitrogens is 1. The number of anilines is 1. The summed E-state index contributed by atoms with van der Waals surface area (Å²) >= 11 is 0. The molecular formula is C27H28N6O2. The Balaban J connectivity index is 1.15. The third-order valence-corrected chi connectivity index (χ3v) is 6.98. The van der Waals surface area contributed by atoms with Crippen molar-refractivity contribution in [2.45, 2.75) is 19.3 Å². The van der Waals surface area contributed by atoms with Gasteiger partial charge in [0.15, 0.2) is 11.5 Å². The molecule has 4 aromatic heterocycles. The first-order chi connectivity index (χ1) is 17.2. The quantitative estimate of drug-likeness (QED) is 0.394. The molecule has 178 valence electrons. The molecule has 0 saturated carbocycles. The van der Waals surface area contributed by atoms with Crippen LogP contribution >= 0.6 is 0 Å². The molecule has 0 aliphatic carbocycles. The molecule has 1 atom stereocenters. The van der Waals surface area contributed by atoms with E-state index in [1.54, 1.807) is 13.3 Å². The number of carbonyl (C=O) groups is 1. The van der Waals surface area contributed by atoms with Crippen LogP contribution in [0.3, 0.4) is 0 Å². The van der Waals surface area contributed by atoms with Crippen LogP contribution in [0.1, 0.15) is 18.4 Å². The van der Waals surface area contributed by atoms with Crippen LogP contribution in [0.4, 0.5) is 5.82 Å². The van der Waals surface area contributed by atoms with Crippen LogP contribution < -0.4 is 15.0 Å². The zero-order valence-corrected chi connectivity index (χ0v) is 19.7. The number of nitrogens with zero attached hydrogens (tertiary/aromatic N) is 4. The molecule has 1 saturated heterocycles. The van der Waals surface area contributed by atoms with E-state index in [0.29, 0.717) is 18.7 Å². The van der Waals surface area contributed by atoms with E-state index < -0.39 is 0 Å². The second-order valence-electron chi connectivity index (χ2n) is 9.10. The summed E-state index contributed by atoms with van der Waals surface area (Å²) < 4.78 is 7.49. The van der Waals surface area contributed by atoms with Crippen molar-refractivity contribution in [2.75, 3.05) is 31.6 Å². The van der Waals surface area contributed by atoms with Gasteiger partial charge in [-0.3, -0.25) is 4.79 Å². The number of methoxy groups -OCH3 is 1. The smallest absolute Gasteiger partial charge is 0.224 e. The van der Waals surface area contributed by atoms with Gasteiger partial charge >= 0.3 is 0 Å². The summed E-state index contributed by atoms with van der Waals surface area (Å²) in [6.45, 7) is 2.13. The number of aromatic nitrogens is 4. The van der Waals surface area contributed by atoms with Gasteiger partial charge in [0.1, 0.15) is 5.75 Å². The number of nitrogens with one attached hydrogen (secondary N) is 2. The maximum atomic E-state index is 13.1. The summed E-state index contributed by atoms with van der Waals surface area (Å²) in [5.41, 5.74) is 4.99. The number of ether oxygens (including phenoxy) is 1. The molecule has 0 radical (unpaired) electrons. The van der Waals surface area contributed by atoms with Crippen molar-refractivity contribution in [3.63, 3.8) is 0 Å². The lowest BCUT2D eigenvalue weighted by molar-refractivity contribution is -0.125. The molecule has 5 heterocycles. The van der Waals surface area contributed by atoms with Crippen molar-refractivity contribution in [3.05, 3.63) is 66.6 Å². The molecule has 0 bridgehead atoms. The van der Waals surface area contributed by atoms with Gasteiger partial charge in [-0.1, -0.05) is 0 Å². The van der Waals surface area contributed by atoms with E-state index in [1.165, 1.54) is 5.56 Å². The van der Waals surface area contributed by atoms with Gasteiger partial charge in [0, 0.05) is 49.1 Å². The van der Waals surface area contributed by atoms with Crippen LogP contribution in [-0.2, 0) is 11.2 Å². The maximum absolute atomic E-state index is 13.1. The minimum absolute atomic E-state index is 0.0666. The number of pyridine rings is 1. The molecule has 1 aliphatic heterocycles. The fourth-order valence-corrected chi connectivity index (χ4v) is 5.17. The predicted octanol–water partition coefficient (Wildman–Crippen LogP) is 3.95. The number of piperidine rings is 1. The summed E-state index contributed by atoms with van der Waals surface area (Å²) in [6, 6.07) is 14.1. The zero-order valence-electron chi connectivity index (χ0n) is 19.7. The largest absolute Gasteiger partial charge is 0.497 e. The fourth-order valence-electron chi connectivity index (χ4n) is 5.17. The van der Waals surface area contributed by atoms with E-state index in [2.05, 4.69) is 30.7 Å². The van der Waals surface area contributed by atoms with E-state index in [9.17, 15) is 4.79 Å². The summed E-state index contributed by atoms with van der Waals surface area (Å²) in [6.07, 6.45) is 8.42. The first kappa shape index (κ1) is 21.5. The Morgan fingerprint density at radius 2 is 2.14 bits per heavy atom. The van der Waals surface area contributed by atoms with Crippen molar-refractivity contribution >= 4 is 39.3 Å². The van der Waals surface area contributed by atoms with Crippen molar-refractivity contribution in [1.82, 2.24) is 24.7 Å². The lowest BCUT2D eigenvalue weighted by atomic mass is 9.97. The molecule has 0 unspecified atom stereocenters. The van der Waals surface area contributed by atoms with Crippen LogP contribution in [0.2, 0.25) is 0 Å². The molecule has 1 amide bonds. The second kappa shape index (κ2) is 8.94. The Kier molecular flexibility index (Phi) is 5.48. The van der Waals surface area contributed by atoms with Gasteiger partial charge in [-0.05, 0) is 67.3 Å². The van der Waals surface area contributed by atoms with Crippen molar-refractivity contribution in [1.29, 1.82) is 0 Å². The first-order valence-electron chi connectivity index (χ1n) is 12.1. The van der Waals surface area contributed by atoms with Gasteiger partial charge < -0.3 is 24.3 Å². The van der Waals surface area contributed by atoms with Crippen LogP contribution in [0, 0.1) is 5.92 Å². The Morgan fingerprint density at radius 1 is 1.23 bits per heavy atom. The Labute approximate surface area is 202 Å². The minimum Gasteiger partial charge on any atom is -0.497 e. The molecule has 1 fully saturated rings. The topological polar surface area (TPSA) is 87.5 Å². The normalized spacial score (nSPS) is 16.3. The van der Waals surface area contributed by atoms with Gasteiger partial charge in [-0.15, -0.1) is 0 Å². The number of hydrogen-bond donors (Lipinski definition) is 2. The van der Waals surface area contributed by atoms with Gasteiger partial charge in [-0.25, -0.2) is 9.97 Å². The van der Waals surface area contributed by atoms with Crippen LogP contribution in [-0.4, -0.2) is 52.0 Å². The molecule has 6 rings (SSSR count). The molecule has 2 N–H and O–H groups in total. The summed E-state index contributed by atoms with van der Waals surface area (Å²) in [5, 5.41) is 4.30. The molecule has 8 heteroatoms. The van der Waals surface area contributed by atoms with E-state index >= 15 is 0 Å². The van der Waals surface area contributed by atoms with Crippen molar-refractivity contribution in [3.8, 4) is 5.75 Å². The molecule has 35 heavy (non-hydrogen) atoms. The van der Waals surface area contributed by atoms with Crippen molar-refractivity contribution in [2.24, 2.45) is 5.92 Å². The molecule has 0 spiro atoms. The number of fused-ring (bicyclic) bond motifs is 4. The van der Waals surface area contributed by atoms with Gasteiger partial charge in [0.2, 0.25) is 5.91 Å². The lowest BCUT2D eigenvalue weighted by Gasteiger charge is -2.33. The predicted molar refractivity (Wildman–Crippen MR) is 137 cm³/mol. The van der Waals surface area contributed by atoms with Crippen molar-refractivity contribution < 1.29 is 9.53 Å². The zero-order chi connectivity index (χ0) is 23.8. The molecular weight excluding hydrogens is 440 g/mol. The average molecular weight is 469 g/mol. The highest BCUT2D eigenvalue weighted by Gasteiger charge is 2.28. The maximum Gasteiger partial charge on any atom is 0.224 e. The summed E-state index contributed by atoms with van der Waals surface area (Å²) in [7, 11) is 1.67. The summed E-state index contributed by atoms with van der Waals surface area (Å²) in [5.74, 6) is 1.77. The number of aromatic amines is 1. The number of benzene rings is 1. The Morgan fingerprint density at radius 3 is 3.06 bits per heavy atom. The van der Waals surface area contributed by atoms with E-state index in [1.807, 2.05) is 48.8 Å². The number of hydrogen-bond acceptors (Lipinski definition) is 5.